The molecule has 3 aromatic heterocycles. The van der Waals surface area contributed by atoms with Crippen LogP contribution in [0.15, 0.2) is 65.7 Å². The lowest BCUT2D eigenvalue weighted by atomic mass is 10.1. The summed E-state index contributed by atoms with van der Waals surface area (Å²) in [5.74, 6) is 0.129. The minimum Gasteiger partial charge on any atom is -0.487 e. The molecule has 1 fully saturated rings. The maximum absolute atomic E-state index is 12.4. The summed E-state index contributed by atoms with van der Waals surface area (Å²) >= 11 is 7.10. The highest BCUT2D eigenvalue weighted by Crippen LogP contribution is 2.28. The molecule has 36 heavy (non-hydrogen) atoms. The minimum atomic E-state index is -0.319. The lowest BCUT2D eigenvalue weighted by molar-refractivity contribution is -0.124. The number of halogens is 1. The molecule has 1 saturated heterocycles. The van der Waals surface area contributed by atoms with Crippen LogP contribution in [0.5, 0.6) is 5.75 Å². The molecule has 0 radical (unpaired) electrons. The number of benzene rings is 1. The average molecular weight is 525 g/mol. The Hall–Kier alpha value is -3.96. The number of rotatable bonds is 7. The molecule has 5 rings (SSSR count). The summed E-state index contributed by atoms with van der Waals surface area (Å²) in [6, 6.07) is 13.5. The van der Waals surface area contributed by atoms with Crippen LogP contribution in [-0.2, 0) is 11.3 Å². The van der Waals surface area contributed by atoms with E-state index in [9.17, 15) is 14.4 Å². The smallest absolute Gasteiger partial charge is 0.261 e. The number of carbonyl (C=O) groups excluding carboxylic acids is 2. The number of thiophene rings is 1. The Kier molecular flexibility index (Phi) is 6.83. The third-order valence-corrected chi connectivity index (χ3v) is 6.78. The van der Waals surface area contributed by atoms with Crippen LogP contribution >= 0.6 is 22.9 Å². The molecule has 1 unspecified atom stereocenters. The average Bonchev–Trinajstić information content (AvgIpc) is 3.52. The standard InChI is InChI=1S/C24H21ClN6O4S/c25-21-7-6-20(36-21)24(34)27-13-15-14-31(29-28-15)18-5-4-16(30-10-2-1-3-23(30)33)11-19(18)35-17-8-9-26-22(32)12-17/h1-7,10-11,14,17H,8-9,12-13H2,(H,26,32)(H,27,34). The number of nitrogens with one attached hydrogen (secondary N) is 2. The number of piperidine rings is 1. The van der Waals surface area contributed by atoms with Crippen LogP contribution < -0.4 is 20.9 Å². The van der Waals surface area contributed by atoms with Gasteiger partial charge in [-0.05, 0) is 30.3 Å². The third kappa shape index (κ3) is 5.31. The molecular weight excluding hydrogens is 504 g/mol. The lowest BCUT2D eigenvalue weighted by Crippen LogP contribution is -2.38. The molecule has 0 aliphatic carbocycles. The van der Waals surface area contributed by atoms with Crippen LogP contribution in [0.1, 0.15) is 28.2 Å². The van der Waals surface area contributed by atoms with E-state index in [1.54, 1.807) is 59.5 Å². The Morgan fingerprint density at radius 3 is 2.89 bits per heavy atom. The van der Waals surface area contributed by atoms with Gasteiger partial charge in [-0.2, -0.15) is 0 Å². The fourth-order valence-corrected chi connectivity index (χ4v) is 4.76. The molecule has 184 valence electrons. The number of amides is 2. The van der Waals surface area contributed by atoms with Crippen molar-refractivity contribution in [2.24, 2.45) is 0 Å². The van der Waals surface area contributed by atoms with Gasteiger partial charge >= 0.3 is 0 Å². The van der Waals surface area contributed by atoms with Crippen molar-refractivity contribution in [1.82, 2.24) is 30.2 Å². The quantitative estimate of drug-likeness (QED) is 0.383. The Morgan fingerprint density at radius 1 is 1.22 bits per heavy atom. The molecule has 2 N–H and O–H groups in total. The molecule has 0 spiro atoms. The van der Waals surface area contributed by atoms with E-state index in [-0.39, 0.29) is 36.4 Å². The third-order valence-electron chi connectivity index (χ3n) is 5.55. The van der Waals surface area contributed by atoms with Crippen LogP contribution in [0.2, 0.25) is 4.34 Å². The maximum atomic E-state index is 12.4. The molecule has 4 heterocycles. The topological polar surface area (TPSA) is 120 Å². The first-order chi connectivity index (χ1) is 17.5. The Bertz CT molecular complexity index is 1480. The van der Waals surface area contributed by atoms with Gasteiger partial charge in [-0.3, -0.25) is 19.0 Å². The molecule has 1 aromatic carbocycles. The van der Waals surface area contributed by atoms with Crippen molar-refractivity contribution in [2.75, 3.05) is 6.54 Å². The van der Waals surface area contributed by atoms with E-state index in [0.29, 0.717) is 45.0 Å². The maximum Gasteiger partial charge on any atom is 0.261 e. The second-order valence-electron chi connectivity index (χ2n) is 8.08. The zero-order valence-electron chi connectivity index (χ0n) is 18.9. The van der Waals surface area contributed by atoms with Crippen LogP contribution in [0.3, 0.4) is 0 Å². The zero-order chi connectivity index (χ0) is 25.1. The van der Waals surface area contributed by atoms with Crippen LogP contribution in [0.25, 0.3) is 11.4 Å². The van der Waals surface area contributed by atoms with E-state index >= 15 is 0 Å². The second kappa shape index (κ2) is 10.3. The van der Waals surface area contributed by atoms with Crippen molar-refractivity contribution < 1.29 is 14.3 Å². The van der Waals surface area contributed by atoms with Gasteiger partial charge in [0.25, 0.3) is 11.5 Å². The molecule has 4 aromatic rings. The molecular formula is C24H21ClN6O4S. The Balaban J connectivity index is 1.41. The van der Waals surface area contributed by atoms with Crippen LogP contribution in [0, 0.1) is 0 Å². The number of ether oxygens (including phenoxy) is 1. The van der Waals surface area contributed by atoms with Gasteiger partial charge in [0.05, 0.1) is 34.1 Å². The number of aromatic nitrogens is 4. The van der Waals surface area contributed by atoms with Crippen LogP contribution in [-0.4, -0.2) is 44.0 Å². The Labute approximate surface area is 214 Å². The number of carbonyl (C=O) groups is 2. The van der Waals surface area contributed by atoms with Gasteiger partial charge in [-0.15, -0.1) is 16.4 Å². The predicted octanol–water partition coefficient (Wildman–Crippen LogP) is 2.72. The van der Waals surface area contributed by atoms with Crippen molar-refractivity contribution >= 4 is 34.8 Å². The molecule has 1 aliphatic rings. The number of pyridine rings is 1. The number of hydrogen-bond acceptors (Lipinski definition) is 7. The van der Waals surface area contributed by atoms with E-state index in [2.05, 4.69) is 20.9 Å². The van der Waals surface area contributed by atoms with Gasteiger partial charge in [0.15, 0.2) is 0 Å². The van der Waals surface area contributed by atoms with Crippen molar-refractivity contribution in [3.05, 3.63) is 86.2 Å². The summed E-state index contributed by atoms with van der Waals surface area (Å²) in [5, 5.41) is 14.0. The number of hydrogen-bond donors (Lipinski definition) is 2. The first-order valence-corrected chi connectivity index (χ1v) is 12.4. The molecule has 0 bridgehead atoms. The van der Waals surface area contributed by atoms with Gasteiger partial charge in [0.1, 0.15) is 23.2 Å². The molecule has 2 amide bonds. The van der Waals surface area contributed by atoms with Crippen molar-refractivity contribution in [3.63, 3.8) is 0 Å². The SMILES string of the molecule is O=C1CC(Oc2cc(-n3ccccc3=O)ccc2-n2cc(CNC(=O)c3ccc(Cl)s3)nn2)CCN1. The highest BCUT2D eigenvalue weighted by molar-refractivity contribution is 7.17. The first-order valence-electron chi connectivity index (χ1n) is 11.2. The van der Waals surface area contributed by atoms with Gasteiger partial charge in [0, 0.05) is 31.3 Å². The Morgan fingerprint density at radius 2 is 2.11 bits per heavy atom. The second-order valence-corrected chi connectivity index (χ2v) is 9.80. The fourth-order valence-electron chi connectivity index (χ4n) is 3.80. The number of nitrogens with zero attached hydrogens (tertiary/aromatic N) is 4. The highest BCUT2D eigenvalue weighted by Gasteiger charge is 2.23. The van der Waals surface area contributed by atoms with E-state index in [4.69, 9.17) is 16.3 Å². The minimum absolute atomic E-state index is 0.0750. The van der Waals surface area contributed by atoms with Gasteiger partial charge < -0.3 is 15.4 Å². The summed E-state index contributed by atoms with van der Waals surface area (Å²) in [4.78, 5) is 37.1. The molecule has 0 saturated carbocycles. The molecule has 1 aliphatic heterocycles. The summed E-state index contributed by atoms with van der Waals surface area (Å²) < 4.78 is 9.82. The normalized spacial score (nSPS) is 15.4. The van der Waals surface area contributed by atoms with Gasteiger partial charge in [-0.25, -0.2) is 4.68 Å². The molecule has 1 atom stereocenters. The highest BCUT2D eigenvalue weighted by atomic mass is 35.5. The van der Waals surface area contributed by atoms with Crippen LogP contribution in [0.4, 0.5) is 0 Å². The largest absolute Gasteiger partial charge is 0.487 e. The molecule has 12 heteroatoms. The van der Waals surface area contributed by atoms with E-state index in [1.165, 1.54) is 22.0 Å². The summed E-state index contributed by atoms with van der Waals surface area (Å²) in [6.07, 6.45) is 3.93. The van der Waals surface area contributed by atoms with E-state index in [1.807, 2.05) is 0 Å². The first kappa shape index (κ1) is 23.8. The van der Waals surface area contributed by atoms with Crippen molar-refractivity contribution in [2.45, 2.75) is 25.5 Å². The monoisotopic (exact) mass is 524 g/mol. The van der Waals surface area contributed by atoms with Gasteiger partial charge in [-0.1, -0.05) is 22.9 Å². The zero-order valence-corrected chi connectivity index (χ0v) is 20.5. The molecule has 10 nitrogen and oxygen atoms in total. The lowest BCUT2D eigenvalue weighted by Gasteiger charge is -2.24. The fraction of sp³-hybridized carbons (Fsp3) is 0.208. The van der Waals surface area contributed by atoms with Crippen molar-refractivity contribution in [1.29, 1.82) is 0 Å². The summed E-state index contributed by atoms with van der Waals surface area (Å²) in [6.45, 7) is 0.699. The van der Waals surface area contributed by atoms with E-state index in [0.717, 1.165) is 0 Å². The predicted molar refractivity (Wildman–Crippen MR) is 134 cm³/mol. The van der Waals surface area contributed by atoms with Gasteiger partial charge in [0.2, 0.25) is 5.91 Å². The van der Waals surface area contributed by atoms with E-state index < -0.39 is 0 Å². The summed E-state index contributed by atoms with van der Waals surface area (Å²) in [5.41, 5.74) is 1.56. The van der Waals surface area contributed by atoms with Crippen molar-refractivity contribution in [3.8, 4) is 17.1 Å². The summed E-state index contributed by atoms with van der Waals surface area (Å²) in [7, 11) is 0.